The minimum atomic E-state index is -0.256. The topological polar surface area (TPSA) is 106 Å². The summed E-state index contributed by atoms with van der Waals surface area (Å²) in [6.07, 6.45) is 0. The average molecular weight is 380 g/mol. The second-order valence-electron chi connectivity index (χ2n) is 5.54. The highest BCUT2D eigenvalue weighted by atomic mass is 32.2. The minimum absolute atomic E-state index is 0.0915. The number of anilines is 1. The van der Waals surface area contributed by atoms with E-state index in [1.807, 2.05) is 31.2 Å². The lowest BCUT2D eigenvalue weighted by Crippen LogP contribution is -2.15. The summed E-state index contributed by atoms with van der Waals surface area (Å²) < 4.78 is 6.91. The van der Waals surface area contributed by atoms with Crippen molar-refractivity contribution in [3.8, 4) is 17.5 Å². The molecule has 1 aromatic heterocycles. The van der Waals surface area contributed by atoms with Crippen LogP contribution in [0.5, 0.6) is 5.75 Å². The number of amides is 1. The summed E-state index contributed by atoms with van der Waals surface area (Å²) in [6.45, 7) is 1.96. The summed E-state index contributed by atoms with van der Waals surface area (Å²) in [5.74, 6) is 0.462. The van der Waals surface area contributed by atoms with E-state index in [0.717, 1.165) is 5.56 Å². The number of thioether (sulfide) groups is 1. The molecule has 0 radical (unpaired) electrons. The zero-order chi connectivity index (χ0) is 19.2. The molecular weight excluding hydrogens is 364 g/mol. The van der Waals surface area contributed by atoms with E-state index >= 15 is 0 Å². The summed E-state index contributed by atoms with van der Waals surface area (Å²) in [4.78, 5) is 12.3. The van der Waals surface area contributed by atoms with E-state index in [9.17, 15) is 4.79 Å². The molecule has 0 fully saturated rings. The van der Waals surface area contributed by atoms with Crippen LogP contribution in [0.2, 0.25) is 0 Å². The van der Waals surface area contributed by atoms with Crippen molar-refractivity contribution in [1.29, 1.82) is 5.26 Å². The highest BCUT2D eigenvalue weighted by Crippen LogP contribution is 2.27. The van der Waals surface area contributed by atoms with Gasteiger partial charge in [-0.25, -0.2) is 0 Å². The van der Waals surface area contributed by atoms with Crippen LogP contribution in [0.25, 0.3) is 5.69 Å². The fourth-order valence-corrected chi connectivity index (χ4v) is 3.08. The molecule has 0 saturated heterocycles. The Morgan fingerprint density at radius 2 is 2.15 bits per heavy atom. The number of methoxy groups -OCH3 is 1. The zero-order valence-corrected chi connectivity index (χ0v) is 15.5. The molecule has 0 bridgehead atoms. The van der Waals surface area contributed by atoms with Crippen LogP contribution in [0.1, 0.15) is 11.1 Å². The van der Waals surface area contributed by atoms with Crippen molar-refractivity contribution in [2.45, 2.75) is 12.1 Å². The Balaban J connectivity index is 1.73. The summed E-state index contributed by atoms with van der Waals surface area (Å²) >= 11 is 1.19. The third-order valence-corrected chi connectivity index (χ3v) is 4.58. The van der Waals surface area contributed by atoms with Crippen molar-refractivity contribution in [1.82, 2.24) is 20.2 Å². The Morgan fingerprint density at radius 1 is 1.33 bits per heavy atom. The van der Waals surface area contributed by atoms with Crippen LogP contribution >= 0.6 is 11.8 Å². The zero-order valence-electron chi connectivity index (χ0n) is 14.7. The summed E-state index contributed by atoms with van der Waals surface area (Å²) in [6, 6.07) is 14.6. The van der Waals surface area contributed by atoms with E-state index in [1.54, 1.807) is 31.4 Å². The van der Waals surface area contributed by atoms with Gasteiger partial charge in [-0.2, -0.15) is 9.94 Å². The van der Waals surface area contributed by atoms with Crippen molar-refractivity contribution in [2.75, 3.05) is 18.2 Å². The molecule has 0 aliphatic carbocycles. The molecule has 0 aliphatic heterocycles. The van der Waals surface area contributed by atoms with Gasteiger partial charge >= 0.3 is 0 Å². The van der Waals surface area contributed by atoms with E-state index < -0.39 is 0 Å². The lowest BCUT2D eigenvalue weighted by atomic mass is 10.2. The number of carbonyl (C=O) groups is 1. The van der Waals surface area contributed by atoms with Crippen LogP contribution in [0.3, 0.4) is 0 Å². The van der Waals surface area contributed by atoms with Crippen LogP contribution in [-0.2, 0) is 4.79 Å². The SMILES string of the molecule is COc1ccc(C)cc1-n1nnnc1SCC(=O)Nc1ccccc1C#N. The maximum absolute atomic E-state index is 12.3. The number of carbonyl (C=O) groups excluding carboxylic acids is 1. The van der Waals surface area contributed by atoms with Crippen molar-refractivity contribution in [3.63, 3.8) is 0 Å². The van der Waals surface area contributed by atoms with Gasteiger partial charge in [-0.3, -0.25) is 4.79 Å². The van der Waals surface area contributed by atoms with E-state index in [2.05, 4.69) is 20.8 Å². The van der Waals surface area contributed by atoms with E-state index in [4.69, 9.17) is 10.00 Å². The number of nitrogens with zero attached hydrogens (tertiary/aromatic N) is 5. The Hall–Kier alpha value is -3.38. The standard InChI is InChI=1S/C18H16N6O2S/c1-12-7-8-16(26-2)15(9-12)24-18(21-22-23-24)27-11-17(25)20-14-6-4-3-5-13(14)10-19/h3-9H,11H2,1-2H3,(H,20,25). The number of nitrogens with one attached hydrogen (secondary N) is 1. The molecule has 1 N–H and O–H groups in total. The fraction of sp³-hybridized carbons (Fsp3) is 0.167. The molecule has 0 spiro atoms. The van der Waals surface area contributed by atoms with Crippen LogP contribution in [-0.4, -0.2) is 39.0 Å². The Morgan fingerprint density at radius 3 is 2.93 bits per heavy atom. The summed E-state index contributed by atoms with van der Waals surface area (Å²) in [5, 5.41) is 24.0. The van der Waals surface area contributed by atoms with Crippen molar-refractivity contribution >= 4 is 23.4 Å². The first-order chi connectivity index (χ1) is 13.1. The third-order valence-electron chi connectivity index (χ3n) is 3.66. The second-order valence-corrected chi connectivity index (χ2v) is 6.49. The number of benzene rings is 2. The molecular formula is C18H16N6O2S. The van der Waals surface area contributed by atoms with Gasteiger partial charge in [0.1, 0.15) is 17.5 Å². The highest BCUT2D eigenvalue weighted by molar-refractivity contribution is 7.99. The average Bonchev–Trinajstić information content (AvgIpc) is 3.15. The van der Waals surface area contributed by atoms with Crippen LogP contribution in [0.15, 0.2) is 47.6 Å². The van der Waals surface area contributed by atoms with Crippen LogP contribution in [0.4, 0.5) is 5.69 Å². The smallest absolute Gasteiger partial charge is 0.234 e. The first-order valence-corrected chi connectivity index (χ1v) is 8.96. The predicted molar refractivity (Wildman–Crippen MR) is 101 cm³/mol. The minimum Gasteiger partial charge on any atom is -0.494 e. The molecule has 3 rings (SSSR count). The van der Waals surface area contributed by atoms with Crippen molar-refractivity contribution in [3.05, 3.63) is 53.6 Å². The van der Waals surface area contributed by atoms with Gasteiger partial charge in [-0.1, -0.05) is 30.0 Å². The monoisotopic (exact) mass is 380 g/mol. The molecule has 0 unspecified atom stereocenters. The number of para-hydroxylation sites is 1. The molecule has 136 valence electrons. The van der Waals surface area contributed by atoms with Gasteiger partial charge in [0.2, 0.25) is 11.1 Å². The fourth-order valence-electron chi connectivity index (χ4n) is 2.39. The second kappa shape index (κ2) is 8.33. The van der Waals surface area contributed by atoms with Crippen molar-refractivity contribution < 1.29 is 9.53 Å². The number of hydrogen-bond acceptors (Lipinski definition) is 7. The largest absolute Gasteiger partial charge is 0.494 e. The third kappa shape index (κ3) is 4.24. The first kappa shape index (κ1) is 18.4. The van der Waals surface area contributed by atoms with E-state index in [-0.39, 0.29) is 11.7 Å². The van der Waals surface area contributed by atoms with Gasteiger partial charge in [0.25, 0.3) is 0 Å². The van der Waals surface area contributed by atoms with Gasteiger partial charge in [-0.15, -0.1) is 5.10 Å². The Kier molecular flexibility index (Phi) is 5.68. The van der Waals surface area contributed by atoms with Crippen LogP contribution < -0.4 is 10.1 Å². The van der Waals surface area contributed by atoms with Gasteiger partial charge in [0.15, 0.2) is 0 Å². The summed E-state index contributed by atoms with van der Waals surface area (Å²) in [5.41, 5.74) is 2.61. The molecule has 0 saturated carbocycles. The molecule has 0 aliphatic rings. The van der Waals surface area contributed by atoms with E-state index in [0.29, 0.717) is 27.8 Å². The molecule has 1 amide bonds. The van der Waals surface area contributed by atoms with Crippen molar-refractivity contribution in [2.24, 2.45) is 0 Å². The van der Waals surface area contributed by atoms with Gasteiger partial charge in [0, 0.05) is 0 Å². The predicted octanol–water partition coefficient (Wildman–Crippen LogP) is 2.58. The first-order valence-electron chi connectivity index (χ1n) is 7.97. The molecule has 2 aromatic carbocycles. The molecule has 9 heteroatoms. The molecule has 0 atom stereocenters. The highest BCUT2D eigenvalue weighted by Gasteiger charge is 2.15. The normalized spacial score (nSPS) is 10.3. The number of rotatable bonds is 6. The molecule has 3 aromatic rings. The number of hydrogen-bond donors (Lipinski definition) is 1. The molecule has 27 heavy (non-hydrogen) atoms. The van der Waals surface area contributed by atoms with Gasteiger partial charge in [0.05, 0.1) is 24.1 Å². The molecule has 8 nitrogen and oxygen atoms in total. The van der Waals surface area contributed by atoms with E-state index in [1.165, 1.54) is 16.4 Å². The number of nitriles is 1. The quantitative estimate of drug-likeness (QED) is 0.655. The number of ether oxygens (including phenoxy) is 1. The van der Waals surface area contributed by atoms with Gasteiger partial charge in [-0.05, 0) is 47.2 Å². The maximum Gasteiger partial charge on any atom is 0.234 e. The number of tetrazole rings is 1. The Labute approximate surface area is 160 Å². The maximum atomic E-state index is 12.3. The lowest BCUT2D eigenvalue weighted by Gasteiger charge is -2.10. The number of aromatic nitrogens is 4. The summed E-state index contributed by atoms with van der Waals surface area (Å²) in [7, 11) is 1.57. The Bertz CT molecular complexity index is 1010. The van der Waals surface area contributed by atoms with Gasteiger partial charge < -0.3 is 10.1 Å². The number of aryl methyl sites for hydroxylation is 1. The molecule has 1 heterocycles. The lowest BCUT2D eigenvalue weighted by molar-refractivity contribution is -0.113. The van der Waals surface area contributed by atoms with Crippen LogP contribution in [0, 0.1) is 18.3 Å².